The van der Waals surface area contributed by atoms with Crippen LogP contribution in [-0.2, 0) is 15.9 Å². The van der Waals surface area contributed by atoms with E-state index in [1.165, 1.54) is 6.07 Å². The van der Waals surface area contributed by atoms with Gasteiger partial charge in [-0.2, -0.15) is 5.10 Å². The summed E-state index contributed by atoms with van der Waals surface area (Å²) < 4.78 is 41.8. The number of aromatic nitrogens is 3. The third kappa shape index (κ3) is 4.02. The molecule has 0 unspecified atom stereocenters. The monoisotopic (exact) mass is 510 g/mol. The van der Waals surface area contributed by atoms with Crippen molar-refractivity contribution < 1.29 is 27.7 Å². The Bertz CT molecular complexity index is 1420. The van der Waals surface area contributed by atoms with Gasteiger partial charge in [0.15, 0.2) is 17.3 Å². The van der Waals surface area contributed by atoms with Crippen LogP contribution in [0, 0.1) is 11.2 Å². The molecule has 1 N–H and O–H groups in total. The van der Waals surface area contributed by atoms with Crippen LogP contribution in [0.25, 0.3) is 33.6 Å². The van der Waals surface area contributed by atoms with Crippen LogP contribution in [0.15, 0.2) is 47.0 Å². The summed E-state index contributed by atoms with van der Waals surface area (Å²) in [7, 11) is 1.55. The van der Waals surface area contributed by atoms with E-state index in [0.29, 0.717) is 64.8 Å². The van der Waals surface area contributed by atoms with E-state index in [2.05, 4.69) is 15.4 Å². The number of nitrogens with zero attached hydrogens (tertiary/aromatic N) is 3. The van der Waals surface area contributed by atoms with Crippen molar-refractivity contribution in [1.82, 2.24) is 20.3 Å². The molecule has 2 saturated heterocycles. The van der Waals surface area contributed by atoms with Gasteiger partial charge in [-0.3, -0.25) is 9.89 Å². The fourth-order valence-electron chi connectivity index (χ4n) is 4.77. The molecule has 2 aliphatic rings. The Balaban J connectivity index is 1.17. The minimum atomic E-state index is -0.717. The smallest absolute Gasteiger partial charge is 0.253 e. The molecule has 11 heteroatoms. The summed E-state index contributed by atoms with van der Waals surface area (Å²) >= 11 is -0.717. The minimum absolute atomic E-state index is 0.0266. The van der Waals surface area contributed by atoms with Gasteiger partial charge in [-0.15, -0.1) is 0 Å². The van der Waals surface area contributed by atoms with Crippen molar-refractivity contribution in [2.24, 2.45) is 5.41 Å². The van der Waals surface area contributed by atoms with Crippen LogP contribution in [0.5, 0.6) is 5.75 Å². The molecular weight excluding hydrogens is 487 g/mol. The van der Waals surface area contributed by atoms with Crippen LogP contribution in [-0.4, -0.2) is 75.6 Å². The molecule has 0 bridgehead atoms. The van der Waals surface area contributed by atoms with Crippen molar-refractivity contribution in [2.45, 2.75) is 0 Å². The average Bonchev–Trinajstić information content (AvgIpc) is 3.47. The van der Waals surface area contributed by atoms with Crippen LogP contribution in [0.1, 0.15) is 10.4 Å². The Hall–Kier alpha value is -3.41. The topological polar surface area (TPSA) is 117 Å². The predicted octanol–water partition coefficient (Wildman–Crippen LogP) is 3.25. The third-order valence-corrected chi connectivity index (χ3v) is 8.47. The molecule has 0 aliphatic carbocycles. The lowest BCUT2D eigenvalue weighted by molar-refractivity contribution is 0.0202. The van der Waals surface area contributed by atoms with Crippen molar-refractivity contribution in [3.63, 3.8) is 0 Å². The number of H-pyrrole nitrogens is 1. The number of halogens is 1. The number of methoxy groups -OCH3 is 1. The highest BCUT2D eigenvalue weighted by Gasteiger charge is 2.57. The standard InChI is InChI=1S/C25H23FN4O5S/c1-33-6-7-34-21-10-20-17(8-18(21)26)23(28-27-20)22-9-19(29-35-22)15-2-4-16(5-3-15)24(31)30-11-25(12-30)13-36(32)14-25/h2-5,8-10H,6-7,11-14H2,1H3,(H,27,28). The largest absolute Gasteiger partial charge is 0.616 e. The number of carbonyl (C=O) groups excluding carboxylic acids is 1. The molecule has 2 aliphatic heterocycles. The second-order valence-electron chi connectivity index (χ2n) is 9.29. The second kappa shape index (κ2) is 8.91. The normalized spacial score (nSPS) is 16.8. The van der Waals surface area contributed by atoms with Gasteiger partial charge in [-0.25, -0.2) is 4.39 Å². The number of ether oxygens (including phenoxy) is 2. The molecular formula is C25H23FN4O5S. The van der Waals surface area contributed by atoms with E-state index in [0.717, 1.165) is 5.56 Å². The molecule has 4 heterocycles. The van der Waals surface area contributed by atoms with E-state index < -0.39 is 17.0 Å². The van der Waals surface area contributed by atoms with Crippen molar-refractivity contribution in [2.75, 3.05) is 44.9 Å². The van der Waals surface area contributed by atoms with Crippen LogP contribution in [0.3, 0.4) is 0 Å². The molecule has 2 aromatic carbocycles. The fraction of sp³-hybridized carbons (Fsp3) is 0.320. The summed E-state index contributed by atoms with van der Waals surface area (Å²) in [5.74, 6) is 1.35. The highest BCUT2D eigenvalue weighted by molar-refractivity contribution is 7.92. The average molecular weight is 511 g/mol. The first-order valence-corrected chi connectivity index (χ1v) is 12.9. The number of hydrogen-bond acceptors (Lipinski definition) is 7. The van der Waals surface area contributed by atoms with Gasteiger partial charge in [0, 0.05) is 48.8 Å². The molecule has 186 valence electrons. The maximum atomic E-state index is 14.6. The van der Waals surface area contributed by atoms with Crippen LogP contribution in [0.4, 0.5) is 4.39 Å². The van der Waals surface area contributed by atoms with E-state index in [-0.39, 0.29) is 23.7 Å². The van der Waals surface area contributed by atoms with Crippen LogP contribution in [0.2, 0.25) is 0 Å². The Morgan fingerprint density at radius 2 is 2.00 bits per heavy atom. The Morgan fingerprint density at radius 3 is 2.72 bits per heavy atom. The maximum absolute atomic E-state index is 14.6. The fourth-order valence-corrected chi connectivity index (χ4v) is 6.42. The SMILES string of the molecule is COCCOc1cc2[nH]nc(-c3cc(-c4ccc(C(=O)N5CC6(C5)C[S+]([O-])C6)cc4)no3)c2cc1F. The molecule has 9 nitrogen and oxygen atoms in total. The maximum Gasteiger partial charge on any atom is 0.253 e. The number of rotatable bonds is 7. The van der Waals surface area contributed by atoms with Gasteiger partial charge in [0.05, 0.1) is 17.5 Å². The number of amides is 1. The van der Waals surface area contributed by atoms with Gasteiger partial charge >= 0.3 is 0 Å². The molecule has 0 atom stereocenters. The summed E-state index contributed by atoms with van der Waals surface area (Å²) in [6.45, 7) is 1.93. The molecule has 6 rings (SSSR count). The zero-order chi connectivity index (χ0) is 24.9. The lowest BCUT2D eigenvalue weighted by Crippen LogP contribution is -2.69. The second-order valence-corrected chi connectivity index (χ2v) is 10.7. The van der Waals surface area contributed by atoms with Crippen LogP contribution < -0.4 is 4.74 Å². The van der Waals surface area contributed by atoms with Gasteiger partial charge in [-0.05, 0) is 18.2 Å². The van der Waals surface area contributed by atoms with Crippen LogP contribution >= 0.6 is 0 Å². The van der Waals surface area contributed by atoms with Gasteiger partial charge in [0.1, 0.15) is 29.5 Å². The molecule has 2 fully saturated rings. The first-order chi connectivity index (χ1) is 17.4. The van der Waals surface area contributed by atoms with E-state index in [1.54, 1.807) is 36.3 Å². The zero-order valence-corrected chi connectivity index (χ0v) is 20.3. The van der Waals surface area contributed by atoms with E-state index >= 15 is 0 Å². The van der Waals surface area contributed by atoms with E-state index in [9.17, 15) is 13.7 Å². The Morgan fingerprint density at radius 1 is 1.22 bits per heavy atom. The van der Waals surface area contributed by atoms with Gasteiger partial charge in [0.2, 0.25) is 0 Å². The number of nitrogens with one attached hydrogen (secondary N) is 1. The lowest BCUT2D eigenvalue weighted by Gasteiger charge is -2.54. The number of fused-ring (bicyclic) bond motifs is 1. The van der Waals surface area contributed by atoms with Crippen molar-refractivity contribution in [1.29, 1.82) is 0 Å². The van der Waals surface area contributed by atoms with E-state index in [4.69, 9.17) is 14.0 Å². The molecule has 4 aromatic rings. The van der Waals surface area contributed by atoms with E-state index in [1.807, 2.05) is 12.1 Å². The summed E-state index contributed by atoms with van der Waals surface area (Å²) in [4.78, 5) is 14.6. The minimum Gasteiger partial charge on any atom is -0.616 e. The molecule has 0 saturated carbocycles. The van der Waals surface area contributed by atoms with Crippen molar-refractivity contribution in [3.8, 4) is 28.5 Å². The quantitative estimate of drug-likeness (QED) is 0.300. The number of carbonyl (C=O) groups is 1. The van der Waals surface area contributed by atoms with Gasteiger partial charge in [-0.1, -0.05) is 28.5 Å². The first-order valence-electron chi connectivity index (χ1n) is 11.5. The number of aromatic amines is 1. The number of likely N-dealkylation sites (tertiary alicyclic amines) is 1. The molecule has 36 heavy (non-hydrogen) atoms. The molecule has 0 radical (unpaired) electrons. The summed E-state index contributed by atoms with van der Waals surface area (Å²) in [6, 6.07) is 11.8. The lowest BCUT2D eigenvalue weighted by atomic mass is 9.82. The highest BCUT2D eigenvalue weighted by atomic mass is 32.2. The third-order valence-electron chi connectivity index (χ3n) is 6.61. The van der Waals surface area contributed by atoms with Crippen molar-refractivity contribution in [3.05, 3.63) is 53.8 Å². The molecule has 1 spiro atoms. The zero-order valence-electron chi connectivity index (χ0n) is 19.5. The molecule has 2 aromatic heterocycles. The van der Waals surface area contributed by atoms with Gasteiger partial charge < -0.3 is 23.4 Å². The van der Waals surface area contributed by atoms with Crippen molar-refractivity contribution >= 4 is 28.0 Å². The number of hydrogen-bond donors (Lipinski definition) is 1. The summed E-state index contributed by atoms with van der Waals surface area (Å²) in [5, 5.41) is 11.8. The number of benzene rings is 2. The van der Waals surface area contributed by atoms with Gasteiger partial charge in [0.25, 0.3) is 5.91 Å². The summed E-state index contributed by atoms with van der Waals surface area (Å²) in [6.07, 6.45) is 0. The first kappa shape index (κ1) is 23.0. The predicted molar refractivity (Wildman–Crippen MR) is 131 cm³/mol. The Kier molecular flexibility index (Phi) is 5.70. The highest BCUT2D eigenvalue weighted by Crippen LogP contribution is 2.42. The summed E-state index contributed by atoms with van der Waals surface area (Å²) in [5.41, 5.74) is 3.04. The Labute approximate surface area is 208 Å². The molecule has 1 amide bonds.